The fraction of sp³-hybridized carbons (Fsp3) is 0.909. The van der Waals surface area contributed by atoms with Gasteiger partial charge in [-0.25, -0.2) is 4.39 Å². The van der Waals surface area contributed by atoms with Crippen molar-refractivity contribution in [3.05, 3.63) is 0 Å². The molecule has 94 valence electrons. The first kappa shape index (κ1) is 13.7. The van der Waals surface area contributed by atoms with E-state index in [1.165, 1.54) is 0 Å². The third-order valence-corrected chi connectivity index (χ3v) is 3.88. The third kappa shape index (κ3) is 2.33. The molecule has 1 heterocycles. The Morgan fingerprint density at radius 1 is 1.44 bits per heavy atom. The van der Waals surface area contributed by atoms with Gasteiger partial charge in [-0.05, 0) is 32.2 Å². The normalized spacial score (nSPS) is 31.4. The van der Waals surface area contributed by atoms with Gasteiger partial charge in [0.25, 0.3) is 5.91 Å². The highest BCUT2D eigenvalue weighted by Crippen LogP contribution is 2.35. The summed E-state index contributed by atoms with van der Waals surface area (Å²) in [5.74, 6) is -0.408. The number of carbonyl (C=O) groups excluding carboxylic acids is 1. The molecular weight excluding hydrogens is 231 g/mol. The molecule has 1 amide bonds. The molecule has 1 unspecified atom stereocenters. The van der Waals surface area contributed by atoms with Gasteiger partial charge >= 0.3 is 0 Å². The molecular formula is C11H20ClFN2O. The zero-order valence-electron chi connectivity index (χ0n) is 9.64. The van der Waals surface area contributed by atoms with Crippen molar-refractivity contribution in [2.75, 3.05) is 13.1 Å². The minimum absolute atomic E-state index is 0. The SMILES string of the molecule is CCC1(NC(=O)C2(F)CCNC2)CCC1.Cl. The van der Waals surface area contributed by atoms with Crippen molar-refractivity contribution in [1.29, 1.82) is 0 Å². The molecule has 0 aromatic heterocycles. The van der Waals surface area contributed by atoms with Crippen LogP contribution in [0.15, 0.2) is 0 Å². The van der Waals surface area contributed by atoms with E-state index in [2.05, 4.69) is 17.6 Å². The summed E-state index contributed by atoms with van der Waals surface area (Å²) in [7, 11) is 0. The van der Waals surface area contributed by atoms with Gasteiger partial charge in [0.1, 0.15) is 0 Å². The van der Waals surface area contributed by atoms with E-state index in [4.69, 9.17) is 0 Å². The summed E-state index contributed by atoms with van der Waals surface area (Å²) in [4.78, 5) is 11.8. The van der Waals surface area contributed by atoms with Crippen molar-refractivity contribution >= 4 is 18.3 Å². The van der Waals surface area contributed by atoms with Gasteiger partial charge in [-0.3, -0.25) is 4.79 Å². The average molecular weight is 251 g/mol. The van der Waals surface area contributed by atoms with Crippen LogP contribution < -0.4 is 10.6 Å². The Morgan fingerprint density at radius 3 is 2.50 bits per heavy atom. The van der Waals surface area contributed by atoms with Gasteiger partial charge in [0.05, 0.1) is 0 Å². The minimum Gasteiger partial charge on any atom is -0.348 e. The maximum absolute atomic E-state index is 14.1. The summed E-state index contributed by atoms with van der Waals surface area (Å²) in [6.07, 6.45) is 4.35. The quantitative estimate of drug-likeness (QED) is 0.798. The van der Waals surface area contributed by atoms with Crippen LogP contribution >= 0.6 is 12.4 Å². The van der Waals surface area contributed by atoms with Crippen molar-refractivity contribution < 1.29 is 9.18 Å². The summed E-state index contributed by atoms with van der Waals surface area (Å²) >= 11 is 0. The zero-order valence-corrected chi connectivity index (χ0v) is 10.5. The number of nitrogens with one attached hydrogen (secondary N) is 2. The first-order valence-electron chi connectivity index (χ1n) is 5.83. The number of amides is 1. The number of hydrogen-bond donors (Lipinski definition) is 2. The lowest BCUT2D eigenvalue weighted by atomic mass is 9.74. The molecule has 2 aliphatic rings. The van der Waals surface area contributed by atoms with Gasteiger partial charge in [-0.15, -0.1) is 12.4 Å². The van der Waals surface area contributed by atoms with E-state index in [9.17, 15) is 9.18 Å². The van der Waals surface area contributed by atoms with E-state index in [1.807, 2.05) is 0 Å². The van der Waals surface area contributed by atoms with Crippen LogP contribution in [0.1, 0.15) is 39.0 Å². The Morgan fingerprint density at radius 2 is 2.12 bits per heavy atom. The molecule has 0 spiro atoms. The molecule has 1 atom stereocenters. The molecule has 0 radical (unpaired) electrons. The molecule has 2 N–H and O–H groups in total. The Hall–Kier alpha value is -0.350. The van der Waals surface area contributed by atoms with Gasteiger partial charge in [-0.2, -0.15) is 0 Å². The highest BCUT2D eigenvalue weighted by atomic mass is 35.5. The number of rotatable bonds is 3. The Labute approximate surface area is 102 Å². The van der Waals surface area contributed by atoms with Crippen LogP contribution in [0.5, 0.6) is 0 Å². The highest BCUT2D eigenvalue weighted by molar-refractivity contribution is 5.86. The number of hydrogen-bond acceptors (Lipinski definition) is 2. The van der Waals surface area contributed by atoms with Crippen LogP contribution in [0.3, 0.4) is 0 Å². The largest absolute Gasteiger partial charge is 0.348 e. The van der Waals surface area contributed by atoms with Crippen LogP contribution in [0, 0.1) is 0 Å². The zero-order chi connectivity index (χ0) is 10.9. The maximum Gasteiger partial charge on any atom is 0.259 e. The van der Waals surface area contributed by atoms with Gasteiger partial charge in [0, 0.05) is 18.5 Å². The molecule has 2 fully saturated rings. The number of alkyl halides is 1. The summed E-state index contributed by atoms with van der Waals surface area (Å²) in [6.45, 7) is 2.82. The minimum atomic E-state index is -1.67. The van der Waals surface area contributed by atoms with E-state index >= 15 is 0 Å². The number of halogens is 2. The molecule has 1 aliphatic carbocycles. The van der Waals surface area contributed by atoms with E-state index in [-0.39, 0.29) is 24.5 Å². The fourth-order valence-electron chi connectivity index (χ4n) is 2.38. The molecule has 1 saturated heterocycles. The lowest BCUT2D eigenvalue weighted by Crippen LogP contribution is -2.58. The Bertz CT molecular complexity index is 257. The van der Waals surface area contributed by atoms with Crippen molar-refractivity contribution in [1.82, 2.24) is 10.6 Å². The van der Waals surface area contributed by atoms with Crippen LogP contribution in [0.2, 0.25) is 0 Å². The second-order valence-electron chi connectivity index (χ2n) is 4.83. The first-order valence-corrected chi connectivity index (χ1v) is 5.83. The molecule has 2 rings (SSSR count). The Balaban J connectivity index is 0.00000128. The van der Waals surface area contributed by atoms with Gasteiger partial charge in [0.15, 0.2) is 0 Å². The molecule has 0 aromatic carbocycles. The lowest BCUT2D eigenvalue weighted by Gasteiger charge is -2.43. The van der Waals surface area contributed by atoms with Crippen molar-refractivity contribution in [3.63, 3.8) is 0 Å². The van der Waals surface area contributed by atoms with Gasteiger partial charge in [-0.1, -0.05) is 6.92 Å². The van der Waals surface area contributed by atoms with E-state index < -0.39 is 11.6 Å². The topological polar surface area (TPSA) is 41.1 Å². The van der Waals surface area contributed by atoms with Crippen LogP contribution in [-0.4, -0.2) is 30.2 Å². The summed E-state index contributed by atoms with van der Waals surface area (Å²) in [5, 5.41) is 5.81. The Kier molecular flexibility index (Phi) is 4.18. The second kappa shape index (κ2) is 4.88. The van der Waals surface area contributed by atoms with E-state index in [0.717, 1.165) is 25.7 Å². The third-order valence-electron chi connectivity index (χ3n) is 3.88. The summed E-state index contributed by atoms with van der Waals surface area (Å²) in [5.41, 5.74) is -1.77. The monoisotopic (exact) mass is 250 g/mol. The predicted octanol–water partition coefficient (Wildman–Crippen LogP) is 1.56. The molecule has 0 aromatic rings. The standard InChI is InChI=1S/C11H19FN2O.ClH/c1-2-10(4-3-5-10)14-9(15)11(12)6-7-13-8-11;/h13H,2-8H2,1H3,(H,14,15);1H. The second-order valence-corrected chi connectivity index (χ2v) is 4.83. The lowest BCUT2D eigenvalue weighted by molar-refractivity contribution is -0.135. The highest BCUT2D eigenvalue weighted by Gasteiger charge is 2.46. The molecule has 1 saturated carbocycles. The summed E-state index contributed by atoms with van der Waals surface area (Å²) < 4.78 is 14.1. The predicted molar refractivity (Wildman–Crippen MR) is 63.6 cm³/mol. The molecule has 1 aliphatic heterocycles. The van der Waals surface area contributed by atoms with Crippen molar-refractivity contribution in [3.8, 4) is 0 Å². The van der Waals surface area contributed by atoms with Gasteiger partial charge in [0.2, 0.25) is 5.67 Å². The van der Waals surface area contributed by atoms with E-state index in [0.29, 0.717) is 13.0 Å². The molecule has 16 heavy (non-hydrogen) atoms. The van der Waals surface area contributed by atoms with Crippen molar-refractivity contribution in [2.24, 2.45) is 0 Å². The average Bonchev–Trinajstić information content (AvgIpc) is 2.60. The van der Waals surface area contributed by atoms with Crippen LogP contribution in [0.25, 0.3) is 0 Å². The molecule has 5 heteroatoms. The van der Waals surface area contributed by atoms with Crippen molar-refractivity contribution in [2.45, 2.75) is 50.2 Å². The molecule has 3 nitrogen and oxygen atoms in total. The van der Waals surface area contributed by atoms with Crippen LogP contribution in [0.4, 0.5) is 4.39 Å². The van der Waals surface area contributed by atoms with Crippen LogP contribution in [-0.2, 0) is 4.79 Å². The molecule has 0 bridgehead atoms. The summed E-state index contributed by atoms with van der Waals surface area (Å²) in [6, 6.07) is 0. The smallest absolute Gasteiger partial charge is 0.259 e. The number of carbonyl (C=O) groups is 1. The van der Waals surface area contributed by atoms with E-state index in [1.54, 1.807) is 0 Å². The van der Waals surface area contributed by atoms with Gasteiger partial charge < -0.3 is 10.6 Å². The maximum atomic E-state index is 14.1. The fourth-order valence-corrected chi connectivity index (χ4v) is 2.38. The first-order chi connectivity index (χ1) is 7.10.